The lowest BCUT2D eigenvalue weighted by atomic mass is 10.2. The lowest BCUT2D eigenvalue weighted by molar-refractivity contribution is 0.484. The second-order valence-corrected chi connectivity index (χ2v) is 6.72. The largest absolute Gasteiger partial charge is 0.441 e. The van der Waals surface area contributed by atoms with Crippen LogP contribution in [0.3, 0.4) is 0 Å². The molecule has 1 aromatic heterocycles. The van der Waals surface area contributed by atoms with Crippen molar-refractivity contribution in [3.05, 3.63) is 39.2 Å². The molecule has 5 heteroatoms. The molecule has 0 atom stereocenters. The number of halogens is 2. The van der Waals surface area contributed by atoms with E-state index in [-0.39, 0.29) is 0 Å². The van der Waals surface area contributed by atoms with E-state index >= 15 is 0 Å². The first-order valence-corrected chi connectivity index (χ1v) is 8.28. The predicted molar refractivity (Wildman–Crippen MR) is 88.8 cm³/mol. The Balaban J connectivity index is 1.98. The minimum absolute atomic E-state index is 0.522. The van der Waals surface area contributed by atoms with Crippen molar-refractivity contribution < 1.29 is 4.42 Å². The molecule has 0 saturated carbocycles. The molecule has 0 amide bonds. The smallest absolute Gasteiger partial charge is 0.194 e. The van der Waals surface area contributed by atoms with Gasteiger partial charge >= 0.3 is 0 Å². The zero-order chi connectivity index (χ0) is 14.5. The molecule has 1 N–H and O–H groups in total. The van der Waals surface area contributed by atoms with Crippen LogP contribution in [0.1, 0.15) is 26.2 Å². The molecule has 0 aliphatic carbocycles. The number of oxazole rings is 1. The molecule has 20 heavy (non-hydrogen) atoms. The molecule has 1 heterocycles. The fourth-order valence-corrected chi connectivity index (χ4v) is 3.11. The van der Waals surface area contributed by atoms with Crippen molar-refractivity contribution in [3.8, 4) is 11.3 Å². The van der Waals surface area contributed by atoms with Crippen molar-refractivity contribution in [2.24, 2.45) is 0 Å². The van der Waals surface area contributed by atoms with Crippen molar-refractivity contribution in [3.63, 3.8) is 0 Å². The molecule has 0 saturated heterocycles. The van der Waals surface area contributed by atoms with E-state index in [0.717, 1.165) is 45.5 Å². The van der Waals surface area contributed by atoms with Crippen LogP contribution < -0.4 is 5.32 Å². The average molecular weight is 402 g/mol. The number of hydrogen-bond donors (Lipinski definition) is 1. The van der Waals surface area contributed by atoms with Gasteiger partial charge in [0.2, 0.25) is 0 Å². The van der Waals surface area contributed by atoms with Crippen molar-refractivity contribution in [2.75, 3.05) is 6.54 Å². The SMILES string of the molecule is CC(C)NCCCc1ncc(-c2ccc(Br)cc2Br)o1. The second kappa shape index (κ2) is 7.38. The molecule has 0 aliphatic heterocycles. The number of nitrogens with one attached hydrogen (secondary N) is 1. The lowest BCUT2D eigenvalue weighted by Crippen LogP contribution is -2.23. The summed E-state index contributed by atoms with van der Waals surface area (Å²) < 4.78 is 7.84. The van der Waals surface area contributed by atoms with Crippen LogP contribution in [0.25, 0.3) is 11.3 Å². The standard InChI is InChI=1S/C15H18Br2N2O/c1-10(2)18-7-3-4-15-19-9-14(20-15)12-6-5-11(16)8-13(12)17/h5-6,8-10,18H,3-4,7H2,1-2H3. The Morgan fingerprint density at radius 3 is 2.80 bits per heavy atom. The third kappa shape index (κ3) is 4.43. The van der Waals surface area contributed by atoms with Crippen LogP contribution in [-0.4, -0.2) is 17.6 Å². The summed E-state index contributed by atoms with van der Waals surface area (Å²) in [5.41, 5.74) is 1.02. The van der Waals surface area contributed by atoms with E-state index in [9.17, 15) is 0 Å². The van der Waals surface area contributed by atoms with E-state index < -0.39 is 0 Å². The van der Waals surface area contributed by atoms with Gasteiger partial charge in [-0.3, -0.25) is 0 Å². The van der Waals surface area contributed by atoms with Gasteiger partial charge in [-0.1, -0.05) is 29.8 Å². The molecule has 0 aliphatic rings. The molecule has 0 fully saturated rings. The Labute approximate surface area is 136 Å². The summed E-state index contributed by atoms with van der Waals surface area (Å²) in [7, 11) is 0. The van der Waals surface area contributed by atoms with Gasteiger partial charge in [-0.25, -0.2) is 4.98 Å². The Morgan fingerprint density at radius 2 is 2.10 bits per heavy atom. The van der Waals surface area contributed by atoms with E-state index in [0.29, 0.717) is 6.04 Å². The highest BCUT2D eigenvalue weighted by molar-refractivity contribution is 9.11. The molecule has 108 valence electrons. The monoisotopic (exact) mass is 400 g/mol. The van der Waals surface area contributed by atoms with Crippen LogP contribution in [0.4, 0.5) is 0 Å². The first kappa shape index (κ1) is 15.7. The topological polar surface area (TPSA) is 38.1 Å². The molecule has 0 bridgehead atoms. The van der Waals surface area contributed by atoms with Crippen LogP contribution in [0, 0.1) is 0 Å². The maximum atomic E-state index is 5.81. The maximum absolute atomic E-state index is 5.81. The number of benzene rings is 1. The van der Waals surface area contributed by atoms with Crippen LogP contribution >= 0.6 is 31.9 Å². The molecule has 0 radical (unpaired) electrons. The first-order valence-electron chi connectivity index (χ1n) is 6.70. The third-order valence-electron chi connectivity index (χ3n) is 2.87. The Morgan fingerprint density at radius 1 is 1.30 bits per heavy atom. The summed E-state index contributed by atoms with van der Waals surface area (Å²) in [6.45, 7) is 5.28. The first-order chi connectivity index (χ1) is 9.56. The predicted octanol–water partition coefficient (Wildman–Crippen LogP) is 4.80. The van der Waals surface area contributed by atoms with E-state index in [1.807, 2.05) is 18.2 Å². The Kier molecular flexibility index (Phi) is 5.81. The molecule has 3 nitrogen and oxygen atoms in total. The van der Waals surface area contributed by atoms with Gasteiger partial charge in [0, 0.05) is 27.0 Å². The minimum atomic E-state index is 0.522. The fourth-order valence-electron chi connectivity index (χ4n) is 1.87. The van der Waals surface area contributed by atoms with Crippen LogP contribution in [-0.2, 0) is 6.42 Å². The number of hydrogen-bond acceptors (Lipinski definition) is 3. The zero-order valence-electron chi connectivity index (χ0n) is 11.6. The number of rotatable bonds is 6. The van der Waals surface area contributed by atoms with Crippen molar-refractivity contribution in [1.82, 2.24) is 10.3 Å². The lowest BCUT2D eigenvalue weighted by Gasteiger charge is -2.06. The minimum Gasteiger partial charge on any atom is -0.441 e. The third-order valence-corrected chi connectivity index (χ3v) is 4.02. The van der Waals surface area contributed by atoms with Gasteiger partial charge in [-0.15, -0.1) is 0 Å². The van der Waals surface area contributed by atoms with Crippen LogP contribution in [0.2, 0.25) is 0 Å². The molecule has 2 aromatic rings. The van der Waals surface area contributed by atoms with Gasteiger partial charge in [-0.2, -0.15) is 0 Å². The molecular weight excluding hydrogens is 384 g/mol. The van der Waals surface area contributed by atoms with Crippen molar-refractivity contribution in [1.29, 1.82) is 0 Å². The van der Waals surface area contributed by atoms with Gasteiger partial charge in [0.1, 0.15) is 0 Å². The highest BCUT2D eigenvalue weighted by Crippen LogP contribution is 2.31. The van der Waals surface area contributed by atoms with E-state index in [2.05, 4.69) is 56.0 Å². The summed E-state index contributed by atoms with van der Waals surface area (Å²) in [5.74, 6) is 1.59. The molecule has 0 unspecified atom stereocenters. The highest BCUT2D eigenvalue weighted by Gasteiger charge is 2.10. The molecule has 1 aromatic carbocycles. The average Bonchev–Trinajstić information content (AvgIpc) is 2.83. The normalized spacial score (nSPS) is 11.2. The summed E-state index contributed by atoms with van der Waals surface area (Å²) in [5, 5.41) is 3.39. The van der Waals surface area contributed by atoms with E-state index in [4.69, 9.17) is 4.42 Å². The van der Waals surface area contributed by atoms with Gasteiger partial charge in [-0.05, 0) is 47.1 Å². The van der Waals surface area contributed by atoms with Gasteiger partial charge in [0.05, 0.1) is 6.20 Å². The van der Waals surface area contributed by atoms with Gasteiger partial charge in [0.25, 0.3) is 0 Å². The van der Waals surface area contributed by atoms with Gasteiger partial charge in [0.15, 0.2) is 11.7 Å². The Bertz CT molecular complexity index is 567. The summed E-state index contributed by atoms with van der Waals surface area (Å²) in [4.78, 5) is 4.35. The fraction of sp³-hybridized carbons (Fsp3) is 0.400. The van der Waals surface area contributed by atoms with E-state index in [1.54, 1.807) is 6.20 Å². The number of aromatic nitrogens is 1. The quantitative estimate of drug-likeness (QED) is 0.706. The highest BCUT2D eigenvalue weighted by atomic mass is 79.9. The summed E-state index contributed by atoms with van der Waals surface area (Å²) in [6.07, 6.45) is 3.67. The second-order valence-electron chi connectivity index (χ2n) is 4.95. The summed E-state index contributed by atoms with van der Waals surface area (Å²) >= 11 is 6.99. The number of aryl methyl sites for hydroxylation is 1. The Hall–Kier alpha value is -0.650. The van der Waals surface area contributed by atoms with Crippen LogP contribution in [0.5, 0.6) is 0 Å². The zero-order valence-corrected chi connectivity index (χ0v) is 14.8. The van der Waals surface area contributed by atoms with Crippen molar-refractivity contribution >= 4 is 31.9 Å². The maximum Gasteiger partial charge on any atom is 0.194 e. The molecular formula is C15H18Br2N2O. The molecule has 2 rings (SSSR count). The molecule has 0 spiro atoms. The number of nitrogens with zero attached hydrogens (tertiary/aromatic N) is 1. The summed E-state index contributed by atoms with van der Waals surface area (Å²) in [6, 6.07) is 6.53. The van der Waals surface area contributed by atoms with Crippen LogP contribution in [0.15, 0.2) is 37.8 Å². The van der Waals surface area contributed by atoms with Gasteiger partial charge < -0.3 is 9.73 Å². The van der Waals surface area contributed by atoms with E-state index in [1.165, 1.54) is 0 Å². The van der Waals surface area contributed by atoms with Crippen molar-refractivity contribution in [2.45, 2.75) is 32.7 Å².